The van der Waals surface area contributed by atoms with E-state index >= 15 is 0 Å². The molecule has 0 aliphatic rings. The fourth-order valence-corrected chi connectivity index (χ4v) is 3.79. The van der Waals surface area contributed by atoms with Crippen LogP contribution in [0.3, 0.4) is 0 Å². The van der Waals surface area contributed by atoms with Crippen molar-refractivity contribution < 1.29 is 32.3 Å². The van der Waals surface area contributed by atoms with Crippen LogP contribution in [0.1, 0.15) is 19.4 Å². The number of amides is 2. The van der Waals surface area contributed by atoms with Crippen molar-refractivity contribution in [1.29, 1.82) is 0 Å². The Morgan fingerprint density at radius 1 is 1.03 bits per heavy atom. The Morgan fingerprint density at radius 3 is 2.25 bits per heavy atom. The molecule has 0 aliphatic carbocycles. The summed E-state index contributed by atoms with van der Waals surface area (Å²) in [6.45, 7) is 4.25. The van der Waals surface area contributed by atoms with Gasteiger partial charge in [0.1, 0.15) is 5.75 Å². The van der Waals surface area contributed by atoms with Gasteiger partial charge in [-0.25, -0.2) is 13.2 Å². The van der Waals surface area contributed by atoms with Crippen LogP contribution in [0.25, 0.3) is 0 Å². The van der Waals surface area contributed by atoms with Crippen LogP contribution < -0.4 is 20.1 Å². The average Bonchev–Trinajstić information content (AvgIpc) is 2.73. The summed E-state index contributed by atoms with van der Waals surface area (Å²) in [7, 11) is -2.71. The second kappa shape index (κ2) is 10.7. The maximum absolute atomic E-state index is 12.6. The van der Waals surface area contributed by atoms with E-state index in [4.69, 9.17) is 4.74 Å². The van der Waals surface area contributed by atoms with Crippen LogP contribution in [0.15, 0.2) is 47.4 Å². The van der Waals surface area contributed by atoms with Crippen molar-refractivity contribution in [3.05, 3.63) is 48.0 Å². The minimum Gasteiger partial charge on any atom is -0.482 e. The number of anilines is 2. The van der Waals surface area contributed by atoms with Crippen molar-refractivity contribution in [1.82, 2.24) is 4.72 Å². The summed E-state index contributed by atoms with van der Waals surface area (Å²) in [5, 5.41) is 5.20. The lowest BCUT2D eigenvalue weighted by Crippen LogP contribution is -2.41. The SMILES string of the molecule is COC(=O)COc1ccc(NC(=O)[C@H](C)NS(=O)(=O)c2ccc(NC(C)=O)cc2)c(C)c1. The van der Waals surface area contributed by atoms with E-state index in [1.807, 2.05) is 0 Å². The first-order valence-electron chi connectivity index (χ1n) is 9.53. The van der Waals surface area contributed by atoms with E-state index in [2.05, 4.69) is 20.1 Å². The van der Waals surface area contributed by atoms with Crippen molar-refractivity contribution in [3.8, 4) is 5.75 Å². The molecular formula is C21H25N3O7S. The Kier molecular flexibility index (Phi) is 8.33. The van der Waals surface area contributed by atoms with Gasteiger partial charge in [-0.1, -0.05) is 0 Å². The minimum absolute atomic E-state index is 0.0467. The molecule has 11 heteroatoms. The summed E-state index contributed by atoms with van der Waals surface area (Å²) < 4.78 is 37.2. The summed E-state index contributed by atoms with van der Waals surface area (Å²) in [6, 6.07) is 9.28. The fraction of sp³-hybridized carbons (Fsp3) is 0.286. The maximum atomic E-state index is 12.6. The third-order valence-corrected chi connectivity index (χ3v) is 5.81. The van der Waals surface area contributed by atoms with Gasteiger partial charge in [0.15, 0.2) is 6.61 Å². The molecule has 2 amide bonds. The molecule has 2 aromatic carbocycles. The van der Waals surface area contributed by atoms with Gasteiger partial charge in [0.2, 0.25) is 21.8 Å². The van der Waals surface area contributed by atoms with Gasteiger partial charge in [-0.2, -0.15) is 4.72 Å². The zero-order valence-corrected chi connectivity index (χ0v) is 18.9. The molecule has 2 aromatic rings. The quantitative estimate of drug-likeness (QED) is 0.482. The highest BCUT2D eigenvalue weighted by Crippen LogP contribution is 2.22. The number of esters is 1. The number of sulfonamides is 1. The molecule has 10 nitrogen and oxygen atoms in total. The first kappa shape index (κ1) is 24.8. The van der Waals surface area contributed by atoms with Crippen LogP contribution in [-0.4, -0.2) is 46.0 Å². The van der Waals surface area contributed by atoms with E-state index in [-0.39, 0.29) is 17.4 Å². The predicted octanol–water partition coefficient (Wildman–Crippen LogP) is 1.81. The minimum atomic E-state index is -3.96. The Hall–Kier alpha value is -3.44. The van der Waals surface area contributed by atoms with E-state index in [1.54, 1.807) is 25.1 Å². The van der Waals surface area contributed by atoms with Crippen LogP contribution in [0, 0.1) is 6.92 Å². The number of methoxy groups -OCH3 is 1. The second-order valence-corrected chi connectivity index (χ2v) is 8.59. The fourth-order valence-electron chi connectivity index (χ4n) is 2.58. The summed E-state index contributed by atoms with van der Waals surface area (Å²) in [6.07, 6.45) is 0. The highest BCUT2D eigenvalue weighted by molar-refractivity contribution is 7.89. The molecule has 0 spiro atoms. The topological polar surface area (TPSA) is 140 Å². The zero-order valence-electron chi connectivity index (χ0n) is 18.1. The summed E-state index contributed by atoms with van der Waals surface area (Å²) in [4.78, 5) is 34.7. The zero-order chi connectivity index (χ0) is 23.9. The number of carbonyl (C=O) groups is 3. The molecule has 0 aromatic heterocycles. The molecule has 0 heterocycles. The standard InChI is InChI=1S/C21H25N3O7S/c1-13-11-17(31-12-20(26)30-4)7-10-19(13)23-21(27)14(2)24-32(28,29)18-8-5-16(6-9-18)22-15(3)25/h5-11,14,24H,12H2,1-4H3,(H,22,25)(H,23,27)/t14-/m0/s1. The molecule has 0 fully saturated rings. The van der Waals surface area contributed by atoms with E-state index in [9.17, 15) is 22.8 Å². The molecule has 0 bridgehead atoms. The number of nitrogens with one attached hydrogen (secondary N) is 3. The highest BCUT2D eigenvalue weighted by atomic mass is 32.2. The van der Waals surface area contributed by atoms with Gasteiger partial charge in [0.05, 0.1) is 18.0 Å². The van der Waals surface area contributed by atoms with Crippen LogP contribution in [0.5, 0.6) is 5.75 Å². The average molecular weight is 464 g/mol. The molecule has 3 N–H and O–H groups in total. The van der Waals surface area contributed by atoms with Gasteiger partial charge in [-0.3, -0.25) is 9.59 Å². The van der Waals surface area contributed by atoms with Crippen molar-refractivity contribution in [2.24, 2.45) is 0 Å². The second-order valence-electron chi connectivity index (χ2n) is 6.88. The lowest BCUT2D eigenvalue weighted by atomic mass is 10.2. The van der Waals surface area contributed by atoms with Gasteiger partial charge in [0, 0.05) is 18.3 Å². The largest absolute Gasteiger partial charge is 0.482 e. The molecular weight excluding hydrogens is 438 g/mol. The smallest absolute Gasteiger partial charge is 0.343 e. The lowest BCUT2D eigenvalue weighted by Gasteiger charge is -2.16. The number of hydrogen-bond acceptors (Lipinski definition) is 7. The van der Waals surface area contributed by atoms with Gasteiger partial charge in [-0.15, -0.1) is 0 Å². The number of ether oxygens (including phenoxy) is 2. The van der Waals surface area contributed by atoms with E-state index in [0.717, 1.165) is 0 Å². The molecule has 0 radical (unpaired) electrons. The Morgan fingerprint density at radius 2 is 1.69 bits per heavy atom. The van der Waals surface area contributed by atoms with Crippen molar-refractivity contribution in [2.45, 2.75) is 31.7 Å². The number of benzene rings is 2. The molecule has 1 atom stereocenters. The molecule has 172 valence electrons. The Labute approximate surface area is 186 Å². The number of rotatable bonds is 9. The molecule has 32 heavy (non-hydrogen) atoms. The van der Waals surface area contributed by atoms with Crippen molar-refractivity contribution in [2.75, 3.05) is 24.4 Å². The van der Waals surface area contributed by atoms with Gasteiger partial charge in [0.25, 0.3) is 0 Å². The van der Waals surface area contributed by atoms with E-state index in [0.29, 0.717) is 22.7 Å². The van der Waals surface area contributed by atoms with Crippen LogP contribution in [0.2, 0.25) is 0 Å². The van der Waals surface area contributed by atoms with E-state index in [1.165, 1.54) is 45.2 Å². The molecule has 0 saturated heterocycles. The van der Waals surface area contributed by atoms with Gasteiger partial charge < -0.3 is 20.1 Å². The van der Waals surface area contributed by atoms with Crippen molar-refractivity contribution in [3.63, 3.8) is 0 Å². The van der Waals surface area contributed by atoms with Crippen LogP contribution >= 0.6 is 0 Å². The monoisotopic (exact) mass is 463 g/mol. The van der Waals surface area contributed by atoms with Crippen LogP contribution in [0.4, 0.5) is 11.4 Å². The Bertz CT molecular complexity index is 1100. The predicted molar refractivity (Wildman–Crippen MR) is 118 cm³/mol. The molecule has 0 aliphatic heterocycles. The summed E-state index contributed by atoms with van der Waals surface area (Å²) in [5.74, 6) is -0.939. The van der Waals surface area contributed by atoms with E-state index < -0.39 is 27.9 Å². The number of hydrogen-bond donors (Lipinski definition) is 3. The summed E-state index contributed by atoms with van der Waals surface area (Å²) >= 11 is 0. The van der Waals surface area contributed by atoms with Crippen LogP contribution in [-0.2, 0) is 29.1 Å². The van der Waals surface area contributed by atoms with Gasteiger partial charge in [-0.05, 0) is 61.9 Å². The summed E-state index contributed by atoms with van der Waals surface area (Å²) in [5.41, 5.74) is 1.58. The molecule has 2 rings (SSSR count). The molecule has 0 unspecified atom stereocenters. The lowest BCUT2D eigenvalue weighted by molar-refractivity contribution is -0.142. The maximum Gasteiger partial charge on any atom is 0.343 e. The first-order valence-corrected chi connectivity index (χ1v) is 11.0. The highest BCUT2D eigenvalue weighted by Gasteiger charge is 2.22. The molecule has 0 saturated carbocycles. The number of aryl methyl sites for hydroxylation is 1. The normalized spacial score (nSPS) is 11.9. The first-order chi connectivity index (χ1) is 15.0. The van der Waals surface area contributed by atoms with Crippen molar-refractivity contribution >= 4 is 39.2 Å². The number of carbonyl (C=O) groups excluding carboxylic acids is 3. The third kappa shape index (κ3) is 7.06. The Balaban J connectivity index is 2.01. The third-order valence-electron chi connectivity index (χ3n) is 4.25. The van der Waals surface area contributed by atoms with Gasteiger partial charge >= 0.3 is 5.97 Å².